The van der Waals surface area contributed by atoms with Crippen LogP contribution in [0.4, 0.5) is 0 Å². The third kappa shape index (κ3) is 2.58. The number of terminal acetylenes is 1. The Bertz CT molecular complexity index is 495. The molecule has 2 rings (SSSR count). The molecular weight excluding hydrogens is 212 g/mol. The zero-order valence-corrected chi connectivity index (χ0v) is 9.21. The highest BCUT2D eigenvalue weighted by atomic mass is 32.2. The maximum atomic E-state index is 10.9. The zero-order chi connectivity index (χ0) is 11.5. The second-order valence-electron chi connectivity index (χ2n) is 3.13. The van der Waals surface area contributed by atoms with Crippen molar-refractivity contribution in [1.29, 1.82) is 0 Å². The number of aryl methyl sites for hydroxylation is 1. The molecule has 0 atom stereocenters. The van der Waals surface area contributed by atoms with Crippen LogP contribution in [0, 0.1) is 19.3 Å². The average molecular weight is 224 g/mol. The highest BCUT2D eigenvalue weighted by molar-refractivity contribution is 7.97. The summed E-state index contributed by atoms with van der Waals surface area (Å²) >= 11 is 0. The van der Waals surface area contributed by atoms with Crippen LogP contribution < -0.4 is 0 Å². The molecule has 1 aliphatic rings. The fourth-order valence-electron chi connectivity index (χ4n) is 1.07. The van der Waals surface area contributed by atoms with E-state index in [9.17, 15) is 8.42 Å². The number of hydrogen-bond donors (Lipinski definition) is 1. The first-order chi connectivity index (χ1) is 7.04. The summed E-state index contributed by atoms with van der Waals surface area (Å²) in [5.41, 5.74) is 1.000. The largest absolute Gasteiger partial charge is 0.395 e. The van der Waals surface area contributed by atoms with E-state index in [0.717, 1.165) is 5.56 Å². The third-order valence-electron chi connectivity index (χ3n) is 1.89. The van der Waals surface area contributed by atoms with Crippen LogP contribution in [0.5, 0.6) is 0 Å². The number of rotatable bonds is 1. The summed E-state index contributed by atoms with van der Waals surface area (Å²) in [6.07, 6.45) is 5.20. The summed E-state index contributed by atoms with van der Waals surface area (Å²) in [5, 5.41) is 7.92. The molecule has 3 nitrogen and oxygen atoms in total. The van der Waals surface area contributed by atoms with E-state index in [4.69, 9.17) is 11.5 Å². The number of sulfone groups is 1. The highest BCUT2D eigenvalue weighted by Gasteiger charge is 2.38. The molecule has 0 spiro atoms. The van der Waals surface area contributed by atoms with Gasteiger partial charge in [-0.05, 0) is 24.6 Å². The molecule has 0 radical (unpaired) electrons. The van der Waals surface area contributed by atoms with E-state index in [2.05, 4.69) is 5.92 Å². The second-order valence-corrected chi connectivity index (χ2v) is 5.02. The van der Waals surface area contributed by atoms with Gasteiger partial charge in [0, 0.05) is 6.42 Å². The molecule has 0 amide bonds. The number of benzene rings is 1. The highest BCUT2D eigenvalue weighted by Crippen LogP contribution is 2.39. The predicted molar refractivity (Wildman–Crippen MR) is 57.2 cm³/mol. The lowest BCUT2D eigenvalue weighted by Gasteiger charge is -1.79. The Hall–Kier alpha value is -1.31. The van der Waals surface area contributed by atoms with E-state index in [1.54, 1.807) is 12.1 Å². The molecule has 1 aliphatic heterocycles. The van der Waals surface area contributed by atoms with Crippen LogP contribution in [0.15, 0.2) is 28.0 Å². The summed E-state index contributed by atoms with van der Waals surface area (Å²) in [6.45, 7) is 1.99. The molecule has 0 bridgehead atoms. The van der Waals surface area contributed by atoms with Gasteiger partial charge in [0.2, 0.25) is 9.84 Å². The van der Waals surface area contributed by atoms with Crippen LogP contribution in [0.25, 0.3) is 0 Å². The van der Waals surface area contributed by atoms with Crippen molar-refractivity contribution in [3.05, 3.63) is 23.8 Å². The monoisotopic (exact) mass is 224 g/mol. The maximum absolute atomic E-state index is 10.9. The molecular formula is C11H12O3S. The lowest BCUT2D eigenvalue weighted by molar-refractivity contribution is 0.305. The number of hydrogen-bond acceptors (Lipinski definition) is 3. The Morgan fingerprint density at radius 3 is 2.40 bits per heavy atom. The van der Waals surface area contributed by atoms with Crippen molar-refractivity contribution >= 4 is 9.84 Å². The van der Waals surface area contributed by atoms with Gasteiger partial charge in [-0.2, -0.15) is 0 Å². The van der Waals surface area contributed by atoms with Crippen molar-refractivity contribution in [3.63, 3.8) is 0 Å². The molecule has 1 aromatic carbocycles. The summed E-state index contributed by atoms with van der Waals surface area (Å²) in [5.74, 6) is 2.27. The van der Waals surface area contributed by atoms with Crippen LogP contribution >= 0.6 is 0 Å². The minimum absolute atomic E-state index is 0.108. The van der Waals surface area contributed by atoms with Gasteiger partial charge >= 0.3 is 0 Å². The molecule has 15 heavy (non-hydrogen) atoms. The van der Waals surface area contributed by atoms with E-state index in [-0.39, 0.29) is 6.61 Å². The van der Waals surface area contributed by atoms with Crippen LogP contribution in [0.3, 0.4) is 0 Å². The molecule has 0 saturated heterocycles. The normalized spacial score (nSPS) is 14.2. The molecule has 4 heteroatoms. The molecule has 0 fully saturated rings. The van der Waals surface area contributed by atoms with Crippen molar-refractivity contribution < 1.29 is 13.5 Å². The Morgan fingerprint density at radius 2 is 2.07 bits per heavy atom. The molecule has 0 unspecified atom stereocenters. The number of aliphatic hydroxyl groups excluding tert-OH is 1. The predicted octanol–water partition coefficient (Wildman–Crippen LogP) is 1.14. The summed E-state index contributed by atoms with van der Waals surface area (Å²) in [4.78, 5) is 1.01. The Balaban J connectivity index is 0.000000195. The molecule has 0 aromatic heterocycles. The number of aliphatic hydroxyl groups is 1. The summed E-state index contributed by atoms with van der Waals surface area (Å²) in [7, 11) is -2.90. The van der Waals surface area contributed by atoms with Gasteiger partial charge in [-0.3, -0.25) is 0 Å². The van der Waals surface area contributed by atoms with Crippen molar-refractivity contribution in [1.82, 2.24) is 0 Å². The van der Waals surface area contributed by atoms with Crippen molar-refractivity contribution in [2.24, 2.45) is 0 Å². The van der Waals surface area contributed by atoms with E-state index >= 15 is 0 Å². The maximum Gasteiger partial charge on any atom is 0.209 e. The fraction of sp³-hybridized carbons (Fsp3) is 0.273. The van der Waals surface area contributed by atoms with Gasteiger partial charge in [0.15, 0.2) is 0 Å². The molecule has 1 heterocycles. The summed E-state index contributed by atoms with van der Waals surface area (Å²) < 4.78 is 21.8. The average Bonchev–Trinajstić information content (AvgIpc) is 2.71. The Kier molecular flexibility index (Phi) is 3.51. The molecule has 0 saturated carbocycles. The zero-order valence-electron chi connectivity index (χ0n) is 8.40. The Morgan fingerprint density at radius 1 is 1.40 bits per heavy atom. The first-order valence-electron chi connectivity index (χ1n) is 4.44. The van der Waals surface area contributed by atoms with Crippen molar-refractivity contribution in [2.45, 2.75) is 23.1 Å². The van der Waals surface area contributed by atoms with E-state index in [1.807, 2.05) is 13.0 Å². The lowest BCUT2D eigenvalue weighted by atomic mass is 10.2. The molecule has 1 N–H and O–H groups in total. The van der Waals surface area contributed by atoms with E-state index in [1.165, 1.54) is 0 Å². The Labute approximate surface area is 89.7 Å². The topological polar surface area (TPSA) is 54.4 Å². The molecule has 80 valence electrons. The third-order valence-corrected chi connectivity index (χ3v) is 3.54. The van der Waals surface area contributed by atoms with Crippen LogP contribution in [0.1, 0.15) is 12.0 Å². The lowest BCUT2D eigenvalue weighted by Crippen LogP contribution is -1.72. The van der Waals surface area contributed by atoms with Crippen molar-refractivity contribution in [3.8, 4) is 12.3 Å². The molecule has 0 aliphatic carbocycles. The first kappa shape index (κ1) is 11.8. The minimum Gasteiger partial charge on any atom is -0.395 e. The fourth-order valence-corrected chi connectivity index (χ4v) is 2.44. The minimum atomic E-state index is -2.90. The first-order valence-corrected chi connectivity index (χ1v) is 5.92. The quantitative estimate of drug-likeness (QED) is 0.584. The smallest absolute Gasteiger partial charge is 0.209 e. The van der Waals surface area contributed by atoms with E-state index in [0.29, 0.717) is 16.2 Å². The van der Waals surface area contributed by atoms with Crippen LogP contribution in [-0.4, -0.2) is 20.1 Å². The SMILES string of the molecule is C#CCCO.Cc1ccc2c(c1)S2(=O)=O. The van der Waals surface area contributed by atoms with Gasteiger partial charge in [-0.1, -0.05) is 6.07 Å². The standard InChI is InChI=1S/C7H6O2S.C4H6O/c1-5-2-3-6-7(4-5)10(6,8)9;1-2-3-4-5/h2-4H,1H3;1,5H,3-4H2. The van der Waals surface area contributed by atoms with Crippen molar-refractivity contribution in [2.75, 3.05) is 6.61 Å². The summed E-state index contributed by atoms with van der Waals surface area (Å²) in [6, 6.07) is 5.16. The van der Waals surface area contributed by atoms with Gasteiger partial charge in [-0.25, -0.2) is 8.42 Å². The second kappa shape index (κ2) is 4.47. The van der Waals surface area contributed by atoms with Crippen LogP contribution in [0.2, 0.25) is 0 Å². The van der Waals surface area contributed by atoms with Gasteiger partial charge in [0.25, 0.3) is 0 Å². The van der Waals surface area contributed by atoms with E-state index < -0.39 is 9.84 Å². The molecule has 1 aromatic rings. The van der Waals surface area contributed by atoms with Gasteiger partial charge in [-0.15, -0.1) is 12.3 Å². The van der Waals surface area contributed by atoms with Gasteiger partial charge < -0.3 is 5.11 Å². The number of fused-ring (bicyclic) bond motifs is 1. The van der Waals surface area contributed by atoms with Gasteiger partial charge in [0.1, 0.15) is 0 Å². The van der Waals surface area contributed by atoms with Gasteiger partial charge in [0.05, 0.1) is 16.4 Å². The van der Waals surface area contributed by atoms with Crippen LogP contribution in [-0.2, 0) is 9.84 Å².